The van der Waals surface area contributed by atoms with E-state index in [-0.39, 0.29) is 18.1 Å². The van der Waals surface area contributed by atoms with Gasteiger partial charge in [0, 0.05) is 5.02 Å². The van der Waals surface area contributed by atoms with Crippen molar-refractivity contribution >= 4 is 52.2 Å². The highest BCUT2D eigenvalue weighted by Crippen LogP contribution is 2.30. The van der Waals surface area contributed by atoms with E-state index in [0.29, 0.717) is 26.3 Å². The minimum absolute atomic E-state index is 0.211. The molecule has 7 heteroatoms. The van der Waals surface area contributed by atoms with Crippen LogP contribution >= 0.6 is 34.8 Å². The molecule has 0 heterocycles. The summed E-state index contributed by atoms with van der Waals surface area (Å²) in [5, 5.41) is 3.62. The van der Waals surface area contributed by atoms with Crippen molar-refractivity contribution in [1.82, 2.24) is 0 Å². The predicted octanol–water partition coefficient (Wildman–Crippen LogP) is 4.87. The Morgan fingerprint density at radius 2 is 1.74 bits per heavy atom. The number of halogens is 3. The summed E-state index contributed by atoms with van der Waals surface area (Å²) in [6.45, 7) is 1.09. The number of Topliss-reactive ketones (excluding diaryl/α,β-unsaturated/α-hetero) is 1. The smallest absolute Gasteiger partial charge is 0.262 e. The summed E-state index contributed by atoms with van der Waals surface area (Å²) in [6, 6.07) is 9.49. The third-order valence-corrected chi connectivity index (χ3v) is 3.77. The van der Waals surface area contributed by atoms with Gasteiger partial charge >= 0.3 is 0 Å². The molecule has 1 N–H and O–H groups in total. The molecule has 4 nitrogen and oxygen atoms in total. The van der Waals surface area contributed by atoms with Gasteiger partial charge in [0.15, 0.2) is 12.4 Å². The van der Waals surface area contributed by atoms with Crippen LogP contribution in [0.3, 0.4) is 0 Å². The second kappa shape index (κ2) is 7.68. The first-order valence-corrected chi connectivity index (χ1v) is 7.69. The summed E-state index contributed by atoms with van der Waals surface area (Å²) in [6.07, 6.45) is 0. The minimum Gasteiger partial charge on any atom is -0.483 e. The maximum absolute atomic E-state index is 12.0. The van der Waals surface area contributed by atoms with Gasteiger partial charge in [-0.3, -0.25) is 9.59 Å². The Hall–Kier alpha value is -1.75. The van der Waals surface area contributed by atoms with Crippen molar-refractivity contribution in [2.24, 2.45) is 0 Å². The minimum atomic E-state index is -0.454. The molecule has 0 radical (unpaired) electrons. The highest BCUT2D eigenvalue weighted by Gasteiger charge is 2.13. The van der Waals surface area contributed by atoms with E-state index >= 15 is 0 Å². The van der Waals surface area contributed by atoms with Crippen LogP contribution in [0.2, 0.25) is 15.1 Å². The fourth-order valence-corrected chi connectivity index (χ4v) is 2.50. The number of amides is 1. The summed E-state index contributed by atoms with van der Waals surface area (Å²) < 4.78 is 5.39. The Bertz CT molecular complexity index is 742. The zero-order chi connectivity index (χ0) is 17.0. The summed E-state index contributed by atoms with van der Waals surface area (Å²) in [4.78, 5) is 23.5. The van der Waals surface area contributed by atoms with E-state index in [4.69, 9.17) is 39.5 Å². The third-order valence-electron chi connectivity index (χ3n) is 2.91. The largest absolute Gasteiger partial charge is 0.483 e. The van der Waals surface area contributed by atoms with Gasteiger partial charge in [0.2, 0.25) is 0 Å². The Morgan fingerprint density at radius 1 is 1.09 bits per heavy atom. The van der Waals surface area contributed by atoms with Crippen LogP contribution in [0.1, 0.15) is 17.3 Å². The van der Waals surface area contributed by atoms with Crippen LogP contribution < -0.4 is 10.1 Å². The molecule has 0 fully saturated rings. The molecule has 0 aromatic heterocycles. The molecule has 0 spiro atoms. The van der Waals surface area contributed by atoms with Crippen molar-refractivity contribution in [3.63, 3.8) is 0 Å². The third kappa shape index (κ3) is 4.61. The molecule has 120 valence electrons. The lowest BCUT2D eigenvalue weighted by atomic mass is 10.1. The van der Waals surface area contributed by atoms with E-state index < -0.39 is 5.91 Å². The fourth-order valence-electron chi connectivity index (χ4n) is 1.84. The van der Waals surface area contributed by atoms with Gasteiger partial charge < -0.3 is 10.1 Å². The first-order chi connectivity index (χ1) is 10.9. The van der Waals surface area contributed by atoms with Gasteiger partial charge in [0.05, 0.1) is 21.3 Å². The maximum atomic E-state index is 12.0. The van der Waals surface area contributed by atoms with Crippen LogP contribution in [0.4, 0.5) is 5.69 Å². The predicted molar refractivity (Wildman–Crippen MR) is 92.0 cm³/mol. The van der Waals surface area contributed by atoms with Gasteiger partial charge in [-0.2, -0.15) is 0 Å². The van der Waals surface area contributed by atoms with Crippen LogP contribution in [0, 0.1) is 0 Å². The Kier molecular flexibility index (Phi) is 5.88. The molecule has 0 aliphatic carbocycles. The molecule has 1 amide bonds. The average molecular weight is 373 g/mol. The van der Waals surface area contributed by atoms with Crippen molar-refractivity contribution in [2.75, 3.05) is 11.9 Å². The standard InChI is InChI=1S/C16H12Cl3NO3/c1-9(21)11-7-10(17)5-6-14(11)23-8-15(22)20-16-12(18)3-2-4-13(16)19/h2-7H,8H2,1H3,(H,20,22). The lowest BCUT2D eigenvalue weighted by Gasteiger charge is -2.12. The van der Waals surface area contributed by atoms with Crippen LogP contribution in [-0.2, 0) is 4.79 Å². The van der Waals surface area contributed by atoms with Gasteiger partial charge in [0.1, 0.15) is 5.75 Å². The van der Waals surface area contributed by atoms with Gasteiger partial charge in [0.25, 0.3) is 5.91 Å². The number of nitrogens with one attached hydrogen (secondary N) is 1. The number of hydrogen-bond acceptors (Lipinski definition) is 3. The van der Waals surface area contributed by atoms with Crippen LogP contribution in [-0.4, -0.2) is 18.3 Å². The number of rotatable bonds is 5. The van der Waals surface area contributed by atoms with Crippen molar-refractivity contribution < 1.29 is 14.3 Å². The summed E-state index contributed by atoms with van der Waals surface area (Å²) >= 11 is 17.8. The Labute approximate surface area is 148 Å². The molecule has 2 rings (SSSR count). The molecular weight excluding hydrogens is 361 g/mol. The Balaban J connectivity index is 2.07. The number of carbonyl (C=O) groups excluding carboxylic acids is 2. The number of ether oxygens (including phenoxy) is 1. The molecule has 0 saturated carbocycles. The lowest BCUT2D eigenvalue weighted by molar-refractivity contribution is -0.118. The van der Waals surface area contributed by atoms with Crippen LogP contribution in [0.15, 0.2) is 36.4 Å². The van der Waals surface area contributed by atoms with E-state index in [1.807, 2.05) is 0 Å². The van der Waals surface area contributed by atoms with Crippen molar-refractivity contribution in [2.45, 2.75) is 6.92 Å². The van der Waals surface area contributed by atoms with E-state index in [9.17, 15) is 9.59 Å². The van der Waals surface area contributed by atoms with E-state index in [2.05, 4.69) is 5.32 Å². The fraction of sp³-hybridized carbons (Fsp3) is 0.125. The van der Waals surface area contributed by atoms with E-state index in [1.165, 1.54) is 19.1 Å². The second-order valence-electron chi connectivity index (χ2n) is 4.63. The Morgan fingerprint density at radius 3 is 2.35 bits per heavy atom. The van der Waals surface area contributed by atoms with E-state index in [0.717, 1.165) is 0 Å². The molecule has 23 heavy (non-hydrogen) atoms. The average Bonchev–Trinajstić information content (AvgIpc) is 2.49. The molecule has 0 aliphatic heterocycles. The van der Waals surface area contributed by atoms with Crippen molar-refractivity contribution in [1.29, 1.82) is 0 Å². The number of ketones is 1. The zero-order valence-electron chi connectivity index (χ0n) is 12.0. The number of hydrogen-bond donors (Lipinski definition) is 1. The van der Waals surface area contributed by atoms with Crippen molar-refractivity contribution in [3.05, 3.63) is 57.0 Å². The number of para-hydroxylation sites is 1. The van der Waals surface area contributed by atoms with Gasteiger partial charge in [-0.15, -0.1) is 0 Å². The van der Waals surface area contributed by atoms with Crippen LogP contribution in [0.25, 0.3) is 0 Å². The highest BCUT2D eigenvalue weighted by molar-refractivity contribution is 6.39. The maximum Gasteiger partial charge on any atom is 0.262 e. The molecule has 2 aromatic rings. The number of benzene rings is 2. The lowest BCUT2D eigenvalue weighted by Crippen LogP contribution is -2.21. The van der Waals surface area contributed by atoms with E-state index in [1.54, 1.807) is 24.3 Å². The molecular formula is C16H12Cl3NO3. The number of anilines is 1. The SMILES string of the molecule is CC(=O)c1cc(Cl)ccc1OCC(=O)Nc1c(Cl)cccc1Cl. The van der Waals surface area contributed by atoms with Gasteiger partial charge in [-0.25, -0.2) is 0 Å². The highest BCUT2D eigenvalue weighted by atomic mass is 35.5. The topological polar surface area (TPSA) is 55.4 Å². The second-order valence-corrected chi connectivity index (χ2v) is 5.88. The summed E-state index contributed by atoms with van der Waals surface area (Å²) in [5.74, 6) is -0.385. The molecule has 0 bridgehead atoms. The quantitative estimate of drug-likeness (QED) is 0.762. The zero-order valence-corrected chi connectivity index (χ0v) is 14.3. The molecule has 0 aliphatic rings. The summed E-state index contributed by atoms with van der Waals surface area (Å²) in [5.41, 5.74) is 0.619. The summed E-state index contributed by atoms with van der Waals surface area (Å²) in [7, 11) is 0. The molecule has 0 unspecified atom stereocenters. The van der Waals surface area contributed by atoms with Gasteiger partial charge in [-0.05, 0) is 37.3 Å². The normalized spacial score (nSPS) is 10.3. The monoisotopic (exact) mass is 371 g/mol. The molecule has 2 aromatic carbocycles. The first-order valence-electron chi connectivity index (χ1n) is 6.55. The van der Waals surface area contributed by atoms with Crippen molar-refractivity contribution in [3.8, 4) is 5.75 Å². The number of carbonyl (C=O) groups is 2. The van der Waals surface area contributed by atoms with Crippen LogP contribution in [0.5, 0.6) is 5.75 Å². The first kappa shape index (κ1) is 17.6. The van der Waals surface area contributed by atoms with Gasteiger partial charge in [-0.1, -0.05) is 40.9 Å². The molecule has 0 atom stereocenters. The molecule has 0 saturated heterocycles.